The van der Waals surface area contributed by atoms with E-state index in [4.69, 9.17) is 0 Å². The summed E-state index contributed by atoms with van der Waals surface area (Å²) in [6, 6.07) is 8.17. The summed E-state index contributed by atoms with van der Waals surface area (Å²) in [4.78, 5) is 10.9. The number of hydrogen-bond acceptors (Lipinski definition) is 2. The van der Waals surface area contributed by atoms with Crippen molar-refractivity contribution >= 4 is 22.2 Å². The molecule has 1 aromatic carbocycles. The molecular formula is C13H13BrN2O. The summed E-state index contributed by atoms with van der Waals surface area (Å²) in [5.74, 6) is 0. The average molecular weight is 293 g/mol. The predicted molar refractivity (Wildman–Crippen MR) is 70.3 cm³/mol. The van der Waals surface area contributed by atoms with Crippen molar-refractivity contribution in [2.75, 3.05) is 0 Å². The minimum Gasteiger partial charge on any atom is -0.298 e. The van der Waals surface area contributed by atoms with Gasteiger partial charge in [0.1, 0.15) is 0 Å². The Morgan fingerprint density at radius 2 is 2.24 bits per heavy atom. The Bertz CT molecular complexity index is 534. The summed E-state index contributed by atoms with van der Waals surface area (Å²) >= 11 is 3.44. The molecule has 0 spiro atoms. The first kappa shape index (κ1) is 12.0. The van der Waals surface area contributed by atoms with Gasteiger partial charge in [0.2, 0.25) is 0 Å². The molecule has 0 aliphatic heterocycles. The van der Waals surface area contributed by atoms with Gasteiger partial charge in [0.15, 0.2) is 6.29 Å². The fourth-order valence-corrected chi connectivity index (χ4v) is 2.24. The van der Waals surface area contributed by atoms with Crippen molar-refractivity contribution < 1.29 is 4.79 Å². The number of nitrogens with zero attached hydrogens (tertiary/aromatic N) is 1. The van der Waals surface area contributed by atoms with Gasteiger partial charge < -0.3 is 0 Å². The fraction of sp³-hybridized carbons (Fsp3) is 0.231. The zero-order chi connectivity index (χ0) is 12.3. The van der Waals surface area contributed by atoms with Gasteiger partial charge in [0, 0.05) is 10.2 Å². The highest BCUT2D eigenvalue weighted by Crippen LogP contribution is 2.15. The van der Waals surface area contributed by atoms with Crippen molar-refractivity contribution in [3.05, 3.63) is 51.3 Å². The number of nitrogens with one attached hydrogen (secondary N) is 1. The molecule has 2 rings (SSSR count). The minimum absolute atomic E-state index is 0.694. The van der Waals surface area contributed by atoms with Crippen molar-refractivity contribution in [2.45, 2.75) is 19.8 Å². The lowest BCUT2D eigenvalue weighted by molar-refractivity contribution is 0.112. The van der Waals surface area contributed by atoms with Crippen molar-refractivity contribution in [3.63, 3.8) is 0 Å². The summed E-state index contributed by atoms with van der Waals surface area (Å²) in [6.07, 6.45) is 2.52. The molecular weight excluding hydrogens is 280 g/mol. The van der Waals surface area contributed by atoms with E-state index in [1.165, 1.54) is 5.56 Å². The van der Waals surface area contributed by atoms with E-state index < -0.39 is 0 Å². The molecule has 0 aliphatic rings. The highest BCUT2D eigenvalue weighted by atomic mass is 79.9. The Balaban J connectivity index is 2.09. The third kappa shape index (κ3) is 2.82. The number of aromatic amines is 1. The molecule has 0 fully saturated rings. The quantitative estimate of drug-likeness (QED) is 0.880. The molecule has 0 atom stereocenters. The Hall–Kier alpha value is -1.42. The second-order valence-corrected chi connectivity index (χ2v) is 4.87. The number of hydrogen-bond donors (Lipinski definition) is 1. The van der Waals surface area contributed by atoms with Crippen LogP contribution in [0.4, 0.5) is 0 Å². The van der Waals surface area contributed by atoms with Crippen LogP contribution in [0.15, 0.2) is 28.7 Å². The van der Waals surface area contributed by atoms with E-state index in [-0.39, 0.29) is 0 Å². The molecule has 0 radical (unpaired) electrons. The molecule has 4 heteroatoms. The maximum Gasteiger partial charge on any atom is 0.153 e. The van der Waals surface area contributed by atoms with Crippen LogP contribution in [-0.2, 0) is 12.8 Å². The number of aryl methyl sites for hydroxylation is 3. The van der Waals surface area contributed by atoms with Gasteiger partial charge in [-0.25, -0.2) is 0 Å². The van der Waals surface area contributed by atoms with Crippen LogP contribution in [0.2, 0.25) is 0 Å². The molecule has 0 amide bonds. The molecule has 3 nitrogen and oxygen atoms in total. The van der Waals surface area contributed by atoms with Crippen LogP contribution in [0.5, 0.6) is 0 Å². The number of carbonyl (C=O) groups is 1. The van der Waals surface area contributed by atoms with Crippen molar-refractivity contribution in [3.8, 4) is 0 Å². The topological polar surface area (TPSA) is 45.8 Å². The number of halogens is 1. The summed E-state index contributed by atoms with van der Waals surface area (Å²) in [7, 11) is 0. The fourth-order valence-electron chi connectivity index (χ4n) is 1.79. The van der Waals surface area contributed by atoms with Crippen LogP contribution >= 0.6 is 15.9 Å². The molecule has 2 aromatic rings. The van der Waals surface area contributed by atoms with Crippen LogP contribution < -0.4 is 0 Å². The van der Waals surface area contributed by atoms with Gasteiger partial charge in [-0.2, -0.15) is 5.10 Å². The summed E-state index contributed by atoms with van der Waals surface area (Å²) in [6.45, 7) is 1.86. The third-order valence-electron chi connectivity index (χ3n) is 2.73. The molecule has 1 heterocycles. The van der Waals surface area contributed by atoms with Gasteiger partial charge in [-0.1, -0.05) is 28.1 Å². The Kier molecular flexibility index (Phi) is 3.74. The maximum absolute atomic E-state index is 10.9. The standard InChI is InChI=1S/C13H13BrN2O/c1-9-12(8-17)13(16-15-9)6-5-10-3-2-4-11(14)7-10/h2-4,7-8H,5-6H2,1H3,(H,15,16). The lowest BCUT2D eigenvalue weighted by atomic mass is 10.1. The van der Waals surface area contributed by atoms with E-state index in [2.05, 4.69) is 38.3 Å². The van der Waals surface area contributed by atoms with Gasteiger partial charge in [0.05, 0.1) is 11.3 Å². The second kappa shape index (κ2) is 5.27. The van der Waals surface area contributed by atoms with Crippen molar-refractivity contribution in [2.24, 2.45) is 0 Å². The van der Waals surface area contributed by atoms with Gasteiger partial charge in [-0.05, 0) is 37.5 Å². The van der Waals surface area contributed by atoms with E-state index in [0.717, 1.165) is 35.0 Å². The Morgan fingerprint density at radius 1 is 1.41 bits per heavy atom. The lowest BCUT2D eigenvalue weighted by Gasteiger charge is -2.01. The van der Waals surface area contributed by atoms with Crippen LogP contribution in [0.1, 0.15) is 27.3 Å². The second-order valence-electron chi connectivity index (χ2n) is 3.96. The minimum atomic E-state index is 0.694. The van der Waals surface area contributed by atoms with Gasteiger partial charge in [0.25, 0.3) is 0 Å². The number of aromatic nitrogens is 2. The first-order valence-corrected chi connectivity index (χ1v) is 6.23. The van der Waals surface area contributed by atoms with Crippen molar-refractivity contribution in [1.82, 2.24) is 10.2 Å². The van der Waals surface area contributed by atoms with Gasteiger partial charge in [-0.3, -0.25) is 9.89 Å². The molecule has 88 valence electrons. The number of rotatable bonds is 4. The molecule has 0 saturated carbocycles. The highest BCUT2D eigenvalue weighted by molar-refractivity contribution is 9.10. The molecule has 0 saturated heterocycles. The van der Waals surface area contributed by atoms with Gasteiger partial charge in [-0.15, -0.1) is 0 Å². The third-order valence-corrected chi connectivity index (χ3v) is 3.22. The van der Waals surface area contributed by atoms with Crippen LogP contribution in [0, 0.1) is 6.92 Å². The van der Waals surface area contributed by atoms with E-state index >= 15 is 0 Å². The smallest absolute Gasteiger partial charge is 0.153 e. The Labute approximate surface area is 108 Å². The van der Waals surface area contributed by atoms with Crippen LogP contribution in [-0.4, -0.2) is 16.5 Å². The molecule has 1 aromatic heterocycles. The number of H-pyrrole nitrogens is 1. The molecule has 1 N–H and O–H groups in total. The summed E-state index contributed by atoms with van der Waals surface area (Å²) in [5, 5.41) is 7.00. The summed E-state index contributed by atoms with van der Waals surface area (Å²) < 4.78 is 1.07. The summed E-state index contributed by atoms with van der Waals surface area (Å²) in [5.41, 5.74) is 3.61. The zero-order valence-corrected chi connectivity index (χ0v) is 11.1. The monoisotopic (exact) mass is 292 g/mol. The molecule has 17 heavy (non-hydrogen) atoms. The first-order chi connectivity index (χ1) is 8.20. The predicted octanol–water partition coefficient (Wildman–Crippen LogP) is 3.08. The van der Waals surface area contributed by atoms with Crippen molar-refractivity contribution in [1.29, 1.82) is 0 Å². The maximum atomic E-state index is 10.9. The van der Waals surface area contributed by atoms with E-state index in [1.807, 2.05) is 19.1 Å². The van der Waals surface area contributed by atoms with E-state index in [9.17, 15) is 4.79 Å². The normalized spacial score (nSPS) is 10.5. The lowest BCUT2D eigenvalue weighted by Crippen LogP contribution is -1.95. The SMILES string of the molecule is Cc1[nH]nc(CCc2cccc(Br)c2)c1C=O. The molecule has 0 unspecified atom stereocenters. The van der Waals surface area contributed by atoms with Crippen LogP contribution in [0.25, 0.3) is 0 Å². The zero-order valence-electron chi connectivity index (χ0n) is 9.53. The number of aldehydes is 1. The van der Waals surface area contributed by atoms with E-state index in [0.29, 0.717) is 5.56 Å². The van der Waals surface area contributed by atoms with Gasteiger partial charge >= 0.3 is 0 Å². The molecule has 0 aliphatic carbocycles. The first-order valence-electron chi connectivity index (χ1n) is 5.44. The largest absolute Gasteiger partial charge is 0.298 e. The number of carbonyl (C=O) groups excluding carboxylic acids is 1. The Morgan fingerprint density at radius 3 is 2.94 bits per heavy atom. The van der Waals surface area contributed by atoms with Crippen LogP contribution in [0.3, 0.4) is 0 Å². The van der Waals surface area contributed by atoms with E-state index in [1.54, 1.807) is 0 Å². The molecule has 0 bridgehead atoms. The highest BCUT2D eigenvalue weighted by Gasteiger charge is 2.08. The number of benzene rings is 1. The average Bonchev–Trinajstić information content (AvgIpc) is 2.67.